The van der Waals surface area contributed by atoms with Gasteiger partial charge in [-0.25, -0.2) is 0 Å². The first kappa shape index (κ1) is 21.0. The number of benzene rings is 3. The Kier molecular flexibility index (Phi) is 6.64. The van der Waals surface area contributed by atoms with Crippen molar-refractivity contribution in [2.75, 3.05) is 17.7 Å². The molecule has 0 spiro atoms. The van der Waals surface area contributed by atoms with Crippen molar-refractivity contribution in [3.05, 3.63) is 86.9 Å². The van der Waals surface area contributed by atoms with Crippen LogP contribution in [-0.2, 0) is 0 Å². The largest absolute Gasteiger partial charge is 0.494 e. The Morgan fingerprint density at radius 3 is 1.76 bits per heavy atom. The number of rotatable bonds is 5. The fourth-order valence-electron chi connectivity index (χ4n) is 2.56. The van der Waals surface area contributed by atoms with Crippen molar-refractivity contribution < 1.29 is 14.3 Å². The normalized spacial score (nSPS) is 10.3. The summed E-state index contributed by atoms with van der Waals surface area (Å²) in [6.07, 6.45) is 0. The molecule has 0 aromatic heterocycles. The Morgan fingerprint density at radius 1 is 0.759 bits per heavy atom. The molecule has 0 bridgehead atoms. The molecule has 0 aliphatic heterocycles. The van der Waals surface area contributed by atoms with Crippen molar-refractivity contribution in [1.82, 2.24) is 0 Å². The fourth-order valence-corrected chi connectivity index (χ4v) is 3.39. The van der Waals surface area contributed by atoms with E-state index < -0.39 is 0 Å². The summed E-state index contributed by atoms with van der Waals surface area (Å²) in [6.45, 7) is 0. The summed E-state index contributed by atoms with van der Waals surface area (Å²) in [5.74, 6) is -0.358. The van der Waals surface area contributed by atoms with Gasteiger partial charge in [-0.1, -0.05) is 40.9 Å². The van der Waals surface area contributed by atoms with Crippen LogP contribution in [0.25, 0.3) is 0 Å². The first-order valence-electron chi connectivity index (χ1n) is 8.39. The van der Waals surface area contributed by atoms with E-state index in [1.807, 2.05) is 0 Å². The SMILES string of the molecule is COc1c(Cl)cc(C(=O)Nc2ccc(NC(=O)c3cccc(Cl)c3)cc2)cc1Cl. The third-order valence-electron chi connectivity index (χ3n) is 3.95. The van der Waals surface area contributed by atoms with Crippen LogP contribution < -0.4 is 15.4 Å². The summed E-state index contributed by atoms with van der Waals surface area (Å²) >= 11 is 18.1. The van der Waals surface area contributed by atoms with E-state index >= 15 is 0 Å². The number of methoxy groups -OCH3 is 1. The number of nitrogens with one attached hydrogen (secondary N) is 2. The molecule has 0 atom stereocenters. The second kappa shape index (κ2) is 9.18. The number of ether oxygens (including phenoxy) is 1. The summed E-state index contributed by atoms with van der Waals surface area (Å²) in [5.41, 5.74) is 1.85. The molecule has 2 amide bonds. The number of halogens is 3. The smallest absolute Gasteiger partial charge is 0.255 e. The molecule has 3 rings (SSSR count). The maximum atomic E-state index is 12.4. The molecule has 2 N–H and O–H groups in total. The Balaban J connectivity index is 1.67. The number of carbonyl (C=O) groups is 2. The van der Waals surface area contributed by atoms with Gasteiger partial charge in [0.15, 0.2) is 5.75 Å². The highest BCUT2D eigenvalue weighted by Gasteiger charge is 2.14. The van der Waals surface area contributed by atoms with Gasteiger partial charge >= 0.3 is 0 Å². The molecule has 3 aromatic rings. The molecule has 0 saturated carbocycles. The molecule has 0 fully saturated rings. The molecule has 0 unspecified atom stereocenters. The van der Waals surface area contributed by atoms with Gasteiger partial charge in [0.2, 0.25) is 0 Å². The zero-order valence-electron chi connectivity index (χ0n) is 15.1. The summed E-state index contributed by atoms with van der Waals surface area (Å²) in [5, 5.41) is 6.47. The van der Waals surface area contributed by atoms with Gasteiger partial charge in [-0.3, -0.25) is 9.59 Å². The first-order valence-corrected chi connectivity index (χ1v) is 9.52. The average Bonchev–Trinajstić information content (AvgIpc) is 2.69. The zero-order valence-corrected chi connectivity index (χ0v) is 17.4. The van der Waals surface area contributed by atoms with E-state index in [2.05, 4.69) is 10.6 Å². The Labute approximate surface area is 182 Å². The molecule has 0 radical (unpaired) electrons. The van der Waals surface area contributed by atoms with Crippen molar-refractivity contribution in [2.45, 2.75) is 0 Å². The van der Waals surface area contributed by atoms with Gasteiger partial charge in [-0.15, -0.1) is 0 Å². The highest BCUT2D eigenvalue weighted by Crippen LogP contribution is 2.34. The van der Waals surface area contributed by atoms with Crippen molar-refractivity contribution in [3.8, 4) is 5.75 Å². The molecule has 8 heteroatoms. The maximum absolute atomic E-state index is 12.4. The van der Waals surface area contributed by atoms with Crippen molar-refractivity contribution in [2.24, 2.45) is 0 Å². The van der Waals surface area contributed by atoms with Gasteiger partial charge < -0.3 is 15.4 Å². The first-order chi connectivity index (χ1) is 13.9. The Morgan fingerprint density at radius 2 is 1.28 bits per heavy atom. The second-order valence-corrected chi connectivity index (χ2v) is 7.22. The van der Waals surface area contributed by atoms with E-state index in [9.17, 15) is 9.59 Å². The molecule has 3 aromatic carbocycles. The topological polar surface area (TPSA) is 67.4 Å². The molecule has 0 aliphatic carbocycles. The average molecular weight is 450 g/mol. The van der Waals surface area contributed by atoms with Gasteiger partial charge in [0.25, 0.3) is 11.8 Å². The highest BCUT2D eigenvalue weighted by atomic mass is 35.5. The van der Waals surface area contributed by atoms with Crippen LogP contribution in [0.5, 0.6) is 5.75 Å². The minimum absolute atomic E-state index is 0.240. The number of anilines is 2. The number of hydrogen-bond donors (Lipinski definition) is 2. The predicted octanol–water partition coefficient (Wildman–Crippen LogP) is 6.16. The minimum atomic E-state index is -0.382. The third-order valence-corrected chi connectivity index (χ3v) is 4.75. The van der Waals surface area contributed by atoms with Crippen LogP contribution in [0.2, 0.25) is 15.1 Å². The molecule has 29 heavy (non-hydrogen) atoms. The van der Waals surface area contributed by atoms with Gasteiger partial charge in [0.1, 0.15) is 0 Å². The lowest BCUT2D eigenvalue weighted by atomic mass is 10.2. The summed E-state index contributed by atoms with van der Waals surface area (Å²) in [7, 11) is 1.44. The lowest BCUT2D eigenvalue weighted by Crippen LogP contribution is -2.13. The highest BCUT2D eigenvalue weighted by molar-refractivity contribution is 6.37. The third kappa shape index (κ3) is 5.21. The van der Waals surface area contributed by atoms with Gasteiger partial charge in [-0.05, 0) is 54.6 Å². The van der Waals surface area contributed by atoms with E-state index in [4.69, 9.17) is 39.5 Å². The summed E-state index contributed by atoms with van der Waals surface area (Å²) < 4.78 is 5.07. The van der Waals surface area contributed by atoms with Crippen LogP contribution in [0.4, 0.5) is 11.4 Å². The lowest BCUT2D eigenvalue weighted by molar-refractivity contribution is 0.101. The predicted molar refractivity (Wildman–Crippen MR) is 117 cm³/mol. The van der Waals surface area contributed by atoms with Gasteiger partial charge in [0, 0.05) is 27.5 Å². The number of hydrogen-bond acceptors (Lipinski definition) is 3. The van der Waals surface area contributed by atoms with Crippen molar-refractivity contribution in [3.63, 3.8) is 0 Å². The van der Waals surface area contributed by atoms with E-state index in [-0.39, 0.29) is 21.9 Å². The minimum Gasteiger partial charge on any atom is -0.494 e. The van der Waals surface area contributed by atoms with E-state index in [1.54, 1.807) is 48.5 Å². The summed E-state index contributed by atoms with van der Waals surface area (Å²) in [6, 6.07) is 16.3. The maximum Gasteiger partial charge on any atom is 0.255 e. The number of carbonyl (C=O) groups excluding carboxylic acids is 2. The molecule has 0 saturated heterocycles. The van der Waals surface area contributed by atoms with Crippen molar-refractivity contribution in [1.29, 1.82) is 0 Å². The second-order valence-electron chi connectivity index (χ2n) is 5.97. The quantitative estimate of drug-likeness (QED) is 0.490. The molecule has 5 nitrogen and oxygen atoms in total. The Bertz CT molecular complexity index is 1050. The van der Waals surface area contributed by atoms with E-state index in [1.165, 1.54) is 19.2 Å². The Hall–Kier alpha value is -2.73. The monoisotopic (exact) mass is 448 g/mol. The zero-order chi connectivity index (χ0) is 21.0. The van der Waals surface area contributed by atoms with E-state index in [0.29, 0.717) is 33.3 Å². The van der Waals surface area contributed by atoms with Crippen LogP contribution in [0.15, 0.2) is 60.7 Å². The summed E-state index contributed by atoms with van der Waals surface area (Å²) in [4.78, 5) is 24.7. The van der Waals surface area contributed by atoms with E-state index in [0.717, 1.165) is 0 Å². The van der Waals surface area contributed by atoms with Crippen LogP contribution in [0.1, 0.15) is 20.7 Å². The van der Waals surface area contributed by atoms with Crippen molar-refractivity contribution >= 4 is 58.0 Å². The molecular formula is C21H15Cl3N2O3. The van der Waals surface area contributed by atoms with Crippen LogP contribution in [0, 0.1) is 0 Å². The number of amides is 2. The molecule has 0 heterocycles. The van der Waals surface area contributed by atoms with Crippen LogP contribution in [0.3, 0.4) is 0 Å². The van der Waals surface area contributed by atoms with Gasteiger partial charge in [0.05, 0.1) is 17.2 Å². The molecule has 0 aliphatic rings. The van der Waals surface area contributed by atoms with Crippen LogP contribution in [-0.4, -0.2) is 18.9 Å². The fraction of sp³-hybridized carbons (Fsp3) is 0.0476. The standard InChI is InChI=1S/C21H15Cl3N2O3/c1-29-19-17(23)10-13(11-18(19)24)21(28)26-16-7-5-15(6-8-16)25-20(27)12-3-2-4-14(22)9-12/h2-11H,1H3,(H,25,27)(H,26,28). The van der Waals surface area contributed by atoms with Crippen LogP contribution >= 0.6 is 34.8 Å². The van der Waals surface area contributed by atoms with Gasteiger partial charge in [-0.2, -0.15) is 0 Å². The lowest BCUT2D eigenvalue weighted by Gasteiger charge is -2.10. The molecule has 148 valence electrons. The molecular weight excluding hydrogens is 435 g/mol.